The third-order valence-electron chi connectivity index (χ3n) is 2.66. The molecular weight excluding hydrogens is 362 g/mol. The van der Waals surface area contributed by atoms with Crippen LogP contribution in [-0.4, -0.2) is 14.7 Å². The Bertz CT molecular complexity index is 785. The van der Waals surface area contributed by atoms with Gasteiger partial charge in [0.05, 0.1) is 20.0 Å². The maximum atomic E-state index is 11.7. The third kappa shape index (κ3) is 3.07. The van der Waals surface area contributed by atoms with E-state index in [1.165, 1.54) is 12.1 Å². The number of benzene rings is 2. The topological polar surface area (TPSA) is 34.1 Å². The van der Waals surface area contributed by atoms with Crippen LogP contribution in [0.5, 0.6) is 0 Å². The van der Waals surface area contributed by atoms with Crippen LogP contribution in [0.2, 0.25) is 20.1 Å². The molecule has 0 radical (unpaired) electrons. The highest BCUT2D eigenvalue weighted by molar-refractivity contribution is 7.90. The van der Waals surface area contributed by atoms with Crippen LogP contribution in [0.15, 0.2) is 35.2 Å². The first kappa shape index (κ1) is 15.9. The van der Waals surface area contributed by atoms with Crippen LogP contribution >= 0.6 is 46.4 Å². The molecule has 2 nitrogen and oxygen atoms in total. The average Bonchev–Trinajstić information content (AvgIpc) is 2.32. The number of sulfone groups is 1. The molecule has 0 aliphatic carbocycles. The molecule has 0 heterocycles. The number of hydrogen-bond donors (Lipinski definition) is 0. The molecule has 0 aliphatic heterocycles. The lowest BCUT2D eigenvalue weighted by Gasteiger charge is -2.11. The molecule has 0 N–H and O–H groups in total. The van der Waals surface area contributed by atoms with E-state index >= 15 is 0 Å². The molecule has 106 valence electrons. The fourth-order valence-electron chi connectivity index (χ4n) is 1.74. The van der Waals surface area contributed by atoms with Crippen LogP contribution in [0.25, 0.3) is 11.1 Å². The summed E-state index contributed by atoms with van der Waals surface area (Å²) in [4.78, 5) is 0.0182. The van der Waals surface area contributed by atoms with Gasteiger partial charge in [0.2, 0.25) is 0 Å². The maximum absolute atomic E-state index is 11.7. The smallest absolute Gasteiger partial charge is 0.177 e. The molecule has 0 aliphatic rings. The minimum atomic E-state index is -3.45. The van der Waals surface area contributed by atoms with Crippen molar-refractivity contribution in [2.75, 3.05) is 6.26 Å². The zero-order valence-corrected chi connectivity index (χ0v) is 14.0. The lowest BCUT2D eigenvalue weighted by atomic mass is 10.1. The molecule has 2 aromatic rings. The van der Waals surface area contributed by atoms with Crippen LogP contribution in [0.1, 0.15) is 0 Å². The van der Waals surface area contributed by atoms with Gasteiger partial charge in [-0.2, -0.15) is 0 Å². The molecule has 2 rings (SSSR count). The van der Waals surface area contributed by atoms with Crippen molar-refractivity contribution in [3.63, 3.8) is 0 Å². The van der Waals surface area contributed by atoms with Gasteiger partial charge in [-0.25, -0.2) is 8.42 Å². The predicted molar refractivity (Wildman–Crippen MR) is 85.0 cm³/mol. The van der Waals surface area contributed by atoms with Crippen molar-refractivity contribution in [3.8, 4) is 11.1 Å². The molecule has 0 aromatic heterocycles. The molecule has 20 heavy (non-hydrogen) atoms. The van der Waals surface area contributed by atoms with Crippen molar-refractivity contribution in [3.05, 3.63) is 50.4 Å². The highest BCUT2D eigenvalue weighted by Crippen LogP contribution is 2.40. The summed E-state index contributed by atoms with van der Waals surface area (Å²) in [7, 11) is -3.45. The van der Waals surface area contributed by atoms with Gasteiger partial charge in [-0.15, -0.1) is 0 Å². The molecule has 0 amide bonds. The first-order chi connectivity index (χ1) is 9.21. The van der Waals surface area contributed by atoms with E-state index in [1.807, 2.05) is 0 Å². The van der Waals surface area contributed by atoms with Crippen LogP contribution in [0.3, 0.4) is 0 Å². The predicted octanol–water partition coefficient (Wildman–Crippen LogP) is 5.37. The van der Waals surface area contributed by atoms with E-state index in [2.05, 4.69) is 0 Å². The standard InChI is InChI=1S/C13H8Cl4O2S/c1-20(18,19)11-5-4-9(15)12(13(11)17)7-2-3-8(14)10(16)6-7/h2-6H,1H3. The van der Waals surface area contributed by atoms with Crippen LogP contribution in [0, 0.1) is 0 Å². The van der Waals surface area contributed by atoms with Crippen molar-refractivity contribution in [2.45, 2.75) is 4.90 Å². The van der Waals surface area contributed by atoms with E-state index in [1.54, 1.807) is 18.2 Å². The van der Waals surface area contributed by atoms with Gasteiger partial charge in [-0.1, -0.05) is 52.5 Å². The van der Waals surface area contributed by atoms with Crippen LogP contribution in [-0.2, 0) is 9.84 Å². The molecule has 7 heteroatoms. The largest absolute Gasteiger partial charge is 0.224 e. The van der Waals surface area contributed by atoms with E-state index in [4.69, 9.17) is 46.4 Å². The Morgan fingerprint density at radius 2 is 1.45 bits per heavy atom. The van der Waals surface area contributed by atoms with Gasteiger partial charge in [0.25, 0.3) is 0 Å². The summed E-state index contributed by atoms with van der Waals surface area (Å²) < 4.78 is 23.4. The monoisotopic (exact) mass is 368 g/mol. The van der Waals surface area contributed by atoms with E-state index < -0.39 is 9.84 Å². The molecule has 2 aromatic carbocycles. The van der Waals surface area contributed by atoms with Gasteiger partial charge in [-0.3, -0.25) is 0 Å². The summed E-state index contributed by atoms with van der Waals surface area (Å²) in [5.74, 6) is 0. The molecule has 0 fully saturated rings. The second-order valence-electron chi connectivity index (χ2n) is 4.14. The quantitative estimate of drug-likeness (QED) is 0.712. The van der Waals surface area contributed by atoms with Crippen molar-refractivity contribution in [2.24, 2.45) is 0 Å². The van der Waals surface area contributed by atoms with Gasteiger partial charge in [0.1, 0.15) is 0 Å². The molecule has 0 spiro atoms. The fraction of sp³-hybridized carbons (Fsp3) is 0.0769. The van der Waals surface area contributed by atoms with Gasteiger partial charge in [0, 0.05) is 16.8 Å². The van der Waals surface area contributed by atoms with Crippen LogP contribution in [0.4, 0.5) is 0 Å². The zero-order chi connectivity index (χ0) is 15.1. The fourth-order valence-corrected chi connectivity index (χ4v) is 3.79. The van der Waals surface area contributed by atoms with Gasteiger partial charge >= 0.3 is 0 Å². The first-order valence-corrected chi connectivity index (χ1v) is 8.75. The normalized spacial score (nSPS) is 11.7. The average molecular weight is 370 g/mol. The number of halogens is 4. The van der Waals surface area contributed by atoms with Gasteiger partial charge in [-0.05, 0) is 29.8 Å². The second-order valence-corrected chi connectivity index (χ2v) is 7.72. The van der Waals surface area contributed by atoms with Crippen LogP contribution < -0.4 is 0 Å². The first-order valence-electron chi connectivity index (χ1n) is 5.35. The Labute approximate surface area is 137 Å². The highest BCUT2D eigenvalue weighted by Gasteiger charge is 2.19. The lowest BCUT2D eigenvalue weighted by Crippen LogP contribution is -1.99. The summed E-state index contributed by atoms with van der Waals surface area (Å²) in [6, 6.07) is 7.72. The van der Waals surface area contributed by atoms with Crippen molar-refractivity contribution >= 4 is 56.2 Å². The summed E-state index contributed by atoms with van der Waals surface area (Å²) in [6.07, 6.45) is 1.08. The SMILES string of the molecule is CS(=O)(=O)c1ccc(Cl)c(-c2ccc(Cl)c(Cl)c2)c1Cl. The minimum absolute atomic E-state index is 0.0182. The number of rotatable bonds is 2. The Hall–Kier alpha value is -0.450. The highest BCUT2D eigenvalue weighted by atomic mass is 35.5. The molecule has 0 saturated heterocycles. The maximum Gasteiger partial charge on any atom is 0.177 e. The van der Waals surface area contributed by atoms with Gasteiger partial charge < -0.3 is 0 Å². The van der Waals surface area contributed by atoms with Crippen molar-refractivity contribution < 1.29 is 8.42 Å². The van der Waals surface area contributed by atoms with E-state index in [9.17, 15) is 8.42 Å². The number of hydrogen-bond acceptors (Lipinski definition) is 2. The summed E-state index contributed by atoms with van der Waals surface area (Å²) >= 11 is 24.1. The van der Waals surface area contributed by atoms with E-state index in [0.29, 0.717) is 26.2 Å². The Morgan fingerprint density at radius 1 is 0.850 bits per heavy atom. The van der Waals surface area contributed by atoms with E-state index in [-0.39, 0.29) is 9.92 Å². The second kappa shape index (κ2) is 5.74. The zero-order valence-electron chi connectivity index (χ0n) is 10.1. The Morgan fingerprint density at radius 3 is 2.00 bits per heavy atom. The van der Waals surface area contributed by atoms with Gasteiger partial charge in [0.15, 0.2) is 9.84 Å². The molecule has 0 saturated carbocycles. The Kier molecular flexibility index (Phi) is 4.57. The molecule has 0 atom stereocenters. The Balaban J connectivity index is 2.77. The summed E-state index contributed by atoms with van der Waals surface area (Å²) in [5, 5.41) is 1.13. The van der Waals surface area contributed by atoms with E-state index in [0.717, 1.165) is 6.26 Å². The summed E-state index contributed by atoms with van der Waals surface area (Å²) in [5.41, 5.74) is 1.01. The minimum Gasteiger partial charge on any atom is -0.224 e. The molecule has 0 bridgehead atoms. The van der Waals surface area contributed by atoms with Crippen molar-refractivity contribution in [1.29, 1.82) is 0 Å². The summed E-state index contributed by atoms with van der Waals surface area (Å²) in [6.45, 7) is 0. The third-order valence-corrected chi connectivity index (χ3v) is 5.36. The molecule has 0 unspecified atom stereocenters. The lowest BCUT2D eigenvalue weighted by molar-refractivity contribution is 0.602. The molecular formula is C13H8Cl4O2S. The van der Waals surface area contributed by atoms with Crippen molar-refractivity contribution in [1.82, 2.24) is 0 Å².